The molecule has 2 N–H and O–H groups in total. The van der Waals surface area contributed by atoms with Crippen LogP contribution in [0.25, 0.3) is 11.0 Å². The number of unbranched alkanes of at least 4 members (excludes halogenated alkanes) is 2. The molecule has 1 heterocycles. The van der Waals surface area contributed by atoms with Gasteiger partial charge in [0, 0.05) is 11.1 Å². The lowest BCUT2D eigenvalue weighted by Crippen LogP contribution is -2.33. The Bertz CT molecular complexity index is 867. The largest absolute Gasteiger partial charge is 0.451 e. The minimum Gasteiger partial charge on any atom is -0.451 e. The van der Waals surface area contributed by atoms with Gasteiger partial charge in [0.25, 0.3) is 5.91 Å². The number of rotatable bonds is 6. The van der Waals surface area contributed by atoms with Crippen LogP contribution < -0.4 is 10.6 Å². The highest BCUT2D eigenvalue weighted by Gasteiger charge is 2.13. The Labute approximate surface area is 158 Å². The number of furan rings is 1. The summed E-state index contributed by atoms with van der Waals surface area (Å²) in [5, 5.41) is 6.81. The van der Waals surface area contributed by atoms with Gasteiger partial charge in [0.05, 0.1) is 0 Å². The molecule has 26 heavy (non-hydrogen) atoms. The Morgan fingerprint density at radius 2 is 1.85 bits per heavy atom. The normalized spacial score (nSPS) is 10.7. The number of carbonyl (C=O) groups excluding carboxylic acids is 1. The van der Waals surface area contributed by atoms with Crippen LogP contribution in [0, 0.1) is 0 Å². The molecule has 3 aromatic rings. The molecule has 0 unspecified atom stereocenters. The molecule has 134 valence electrons. The van der Waals surface area contributed by atoms with E-state index in [0.717, 1.165) is 17.5 Å². The van der Waals surface area contributed by atoms with Gasteiger partial charge in [0.15, 0.2) is 10.9 Å². The second-order valence-electron chi connectivity index (χ2n) is 6.21. The van der Waals surface area contributed by atoms with Crippen molar-refractivity contribution < 1.29 is 9.21 Å². The number of hydrogen-bond donors (Lipinski definition) is 2. The number of aryl methyl sites for hydroxylation is 1. The van der Waals surface area contributed by atoms with Gasteiger partial charge < -0.3 is 9.73 Å². The molecule has 0 aliphatic carbocycles. The zero-order valence-electron chi connectivity index (χ0n) is 14.7. The van der Waals surface area contributed by atoms with Crippen LogP contribution >= 0.6 is 12.2 Å². The molecular formula is C21H22N2O2S. The maximum absolute atomic E-state index is 12.3. The summed E-state index contributed by atoms with van der Waals surface area (Å²) in [4.78, 5) is 12.3. The van der Waals surface area contributed by atoms with Gasteiger partial charge in [-0.25, -0.2) is 0 Å². The first kappa shape index (κ1) is 18.1. The summed E-state index contributed by atoms with van der Waals surface area (Å²) in [5.74, 6) is -0.128. The van der Waals surface area contributed by atoms with Crippen LogP contribution in [0.15, 0.2) is 59.0 Å². The van der Waals surface area contributed by atoms with Crippen molar-refractivity contribution >= 4 is 39.9 Å². The number of thiocarbonyl (C=S) groups is 1. The van der Waals surface area contributed by atoms with E-state index in [1.807, 2.05) is 36.4 Å². The molecule has 0 spiro atoms. The van der Waals surface area contributed by atoms with E-state index in [2.05, 4.69) is 29.7 Å². The van der Waals surface area contributed by atoms with Gasteiger partial charge in [0.2, 0.25) is 0 Å². The van der Waals surface area contributed by atoms with E-state index < -0.39 is 0 Å². The fraction of sp³-hybridized carbons (Fsp3) is 0.238. The Morgan fingerprint density at radius 3 is 2.58 bits per heavy atom. The summed E-state index contributed by atoms with van der Waals surface area (Å²) in [6.07, 6.45) is 4.76. The van der Waals surface area contributed by atoms with E-state index in [-0.39, 0.29) is 16.8 Å². The average molecular weight is 366 g/mol. The molecule has 1 amide bonds. The lowest BCUT2D eigenvalue weighted by atomic mass is 10.1. The summed E-state index contributed by atoms with van der Waals surface area (Å²) >= 11 is 5.23. The van der Waals surface area contributed by atoms with Crippen LogP contribution in [0.5, 0.6) is 0 Å². The minimum absolute atomic E-state index is 0.238. The topological polar surface area (TPSA) is 54.3 Å². The molecule has 0 aliphatic rings. The van der Waals surface area contributed by atoms with Gasteiger partial charge in [-0.15, -0.1) is 0 Å². The molecule has 2 aromatic carbocycles. The third kappa shape index (κ3) is 4.70. The van der Waals surface area contributed by atoms with E-state index in [1.165, 1.54) is 24.8 Å². The van der Waals surface area contributed by atoms with E-state index in [4.69, 9.17) is 16.6 Å². The monoisotopic (exact) mass is 366 g/mol. The van der Waals surface area contributed by atoms with Crippen molar-refractivity contribution in [1.29, 1.82) is 0 Å². The van der Waals surface area contributed by atoms with Crippen molar-refractivity contribution in [3.63, 3.8) is 0 Å². The van der Waals surface area contributed by atoms with Crippen molar-refractivity contribution in [2.45, 2.75) is 32.6 Å². The second-order valence-corrected chi connectivity index (χ2v) is 6.62. The van der Waals surface area contributed by atoms with Gasteiger partial charge in [-0.05, 0) is 54.9 Å². The number of fused-ring (bicyclic) bond motifs is 1. The van der Waals surface area contributed by atoms with E-state index in [0.29, 0.717) is 5.58 Å². The maximum atomic E-state index is 12.3. The fourth-order valence-corrected chi connectivity index (χ4v) is 2.97. The standard InChI is InChI=1S/C21H22N2O2S/c1-2-3-4-7-15-10-12-17(13-11-15)22-21(26)23-20(24)19-14-16-8-5-6-9-18(16)25-19/h5-6,8-14H,2-4,7H2,1H3,(H2,22,23,24,26). The smallest absolute Gasteiger partial charge is 0.293 e. The van der Waals surface area contributed by atoms with Gasteiger partial charge in [-0.3, -0.25) is 10.1 Å². The van der Waals surface area contributed by atoms with E-state index in [9.17, 15) is 4.79 Å². The predicted octanol–water partition coefficient (Wildman–Crippen LogP) is 5.29. The maximum Gasteiger partial charge on any atom is 0.293 e. The Morgan fingerprint density at radius 1 is 1.08 bits per heavy atom. The summed E-state index contributed by atoms with van der Waals surface area (Å²) < 4.78 is 5.54. The molecule has 0 saturated heterocycles. The third-order valence-electron chi connectivity index (χ3n) is 4.16. The van der Waals surface area contributed by atoms with Crippen molar-refractivity contribution in [1.82, 2.24) is 5.32 Å². The van der Waals surface area contributed by atoms with E-state index >= 15 is 0 Å². The molecule has 0 radical (unpaired) electrons. The number of nitrogens with one attached hydrogen (secondary N) is 2. The molecule has 0 atom stereocenters. The number of benzene rings is 2. The highest BCUT2D eigenvalue weighted by Crippen LogP contribution is 2.18. The molecule has 0 aliphatic heterocycles. The van der Waals surface area contributed by atoms with Crippen LogP contribution in [0.3, 0.4) is 0 Å². The highest BCUT2D eigenvalue weighted by atomic mass is 32.1. The van der Waals surface area contributed by atoms with Crippen LogP contribution in [-0.4, -0.2) is 11.0 Å². The van der Waals surface area contributed by atoms with Crippen molar-refractivity contribution in [3.8, 4) is 0 Å². The number of carbonyl (C=O) groups is 1. The Kier molecular flexibility index (Phi) is 6.02. The van der Waals surface area contributed by atoms with Gasteiger partial charge in [-0.2, -0.15) is 0 Å². The zero-order valence-corrected chi connectivity index (χ0v) is 15.6. The predicted molar refractivity (Wildman–Crippen MR) is 110 cm³/mol. The molecule has 1 aromatic heterocycles. The van der Waals surface area contributed by atoms with Gasteiger partial charge in [-0.1, -0.05) is 50.1 Å². The Balaban J connectivity index is 1.55. The van der Waals surface area contributed by atoms with Crippen LogP contribution in [0.2, 0.25) is 0 Å². The molecule has 0 fully saturated rings. The first-order chi connectivity index (χ1) is 12.7. The zero-order chi connectivity index (χ0) is 18.4. The van der Waals surface area contributed by atoms with Crippen molar-refractivity contribution in [3.05, 3.63) is 65.9 Å². The first-order valence-electron chi connectivity index (χ1n) is 8.85. The van der Waals surface area contributed by atoms with Crippen molar-refractivity contribution in [2.75, 3.05) is 5.32 Å². The Hall–Kier alpha value is -2.66. The lowest BCUT2D eigenvalue weighted by Gasteiger charge is -2.09. The quantitative estimate of drug-likeness (QED) is 0.460. The molecule has 4 nitrogen and oxygen atoms in total. The summed E-state index contributed by atoms with van der Waals surface area (Å²) in [6.45, 7) is 2.20. The SMILES string of the molecule is CCCCCc1ccc(NC(=S)NC(=O)c2cc3ccccc3o2)cc1. The van der Waals surface area contributed by atoms with Crippen LogP contribution in [-0.2, 0) is 6.42 Å². The summed E-state index contributed by atoms with van der Waals surface area (Å²) in [7, 11) is 0. The number of anilines is 1. The summed E-state index contributed by atoms with van der Waals surface area (Å²) in [5.41, 5.74) is 2.83. The number of amides is 1. The fourth-order valence-electron chi connectivity index (χ4n) is 2.75. The highest BCUT2D eigenvalue weighted by molar-refractivity contribution is 7.80. The third-order valence-corrected chi connectivity index (χ3v) is 4.36. The van der Waals surface area contributed by atoms with Crippen molar-refractivity contribution in [2.24, 2.45) is 0 Å². The molecule has 5 heteroatoms. The molecule has 0 saturated carbocycles. The summed E-state index contributed by atoms with van der Waals surface area (Å²) in [6, 6.07) is 17.3. The first-order valence-corrected chi connectivity index (χ1v) is 9.26. The van der Waals surface area contributed by atoms with Crippen LogP contribution in [0.1, 0.15) is 42.3 Å². The molecule has 3 rings (SSSR count). The number of hydrogen-bond acceptors (Lipinski definition) is 3. The van der Waals surface area contributed by atoms with E-state index in [1.54, 1.807) is 6.07 Å². The van der Waals surface area contributed by atoms with Gasteiger partial charge in [0.1, 0.15) is 5.58 Å². The minimum atomic E-state index is -0.366. The number of para-hydroxylation sites is 1. The lowest BCUT2D eigenvalue weighted by molar-refractivity contribution is 0.0953. The van der Waals surface area contributed by atoms with Gasteiger partial charge >= 0.3 is 0 Å². The molecule has 0 bridgehead atoms. The second kappa shape index (κ2) is 8.63. The van der Waals surface area contributed by atoms with Crippen LogP contribution in [0.4, 0.5) is 5.69 Å². The molecular weight excluding hydrogens is 344 g/mol. The average Bonchev–Trinajstić information content (AvgIpc) is 3.08.